The second-order valence-corrected chi connectivity index (χ2v) is 6.21. The summed E-state index contributed by atoms with van der Waals surface area (Å²) in [6, 6.07) is 0. The van der Waals surface area contributed by atoms with Gasteiger partial charge in [-0.15, -0.1) is 11.3 Å². The first kappa shape index (κ1) is 15.7. The molecule has 0 bridgehead atoms. The summed E-state index contributed by atoms with van der Waals surface area (Å²) in [5.74, 6) is 0.979. The van der Waals surface area contributed by atoms with Crippen molar-refractivity contribution in [2.45, 2.75) is 32.7 Å². The smallest absolute Gasteiger partial charge is 0.273 e. The molecule has 122 valence electrons. The minimum absolute atomic E-state index is 0.0479. The van der Waals surface area contributed by atoms with Crippen LogP contribution in [0, 0.1) is 0 Å². The highest BCUT2D eigenvalue weighted by Gasteiger charge is 2.26. The van der Waals surface area contributed by atoms with Crippen LogP contribution in [-0.2, 0) is 13.0 Å². The Kier molecular flexibility index (Phi) is 4.71. The fourth-order valence-corrected chi connectivity index (χ4v) is 3.14. The molecule has 1 aliphatic rings. The second kappa shape index (κ2) is 6.91. The number of nitrogens with zero attached hydrogens (tertiary/aromatic N) is 4. The maximum absolute atomic E-state index is 12.5. The number of thiazole rings is 1. The molecule has 0 spiro atoms. The number of carbonyl (C=O) groups excluding carboxylic acids is 1. The predicted octanol–water partition coefficient (Wildman–Crippen LogP) is 1.93. The first-order valence-electron chi connectivity index (χ1n) is 7.75. The molecular weight excluding hydrogens is 312 g/mol. The molecule has 7 nitrogen and oxygen atoms in total. The van der Waals surface area contributed by atoms with Gasteiger partial charge in [0.25, 0.3) is 5.91 Å². The van der Waals surface area contributed by atoms with E-state index in [-0.39, 0.29) is 11.9 Å². The summed E-state index contributed by atoms with van der Waals surface area (Å²) in [6.45, 7) is 4.08. The summed E-state index contributed by atoms with van der Waals surface area (Å²) in [7, 11) is 0. The van der Waals surface area contributed by atoms with E-state index in [9.17, 15) is 4.79 Å². The predicted molar refractivity (Wildman–Crippen MR) is 90.4 cm³/mol. The number of hydrogen-bond acceptors (Lipinski definition) is 7. The third kappa shape index (κ3) is 3.42. The van der Waals surface area contributed by atoms with E-state index in [0.29, 0.717) is 25.2 Å². The Morgan fingerprint density at radius 1 is 1.48 bits per heavy atom. The van der Waals surface area contributed by atoms with Crippen molar-refractivity contribution in [3.63, 3.8) is 0 Å². The average molecular weight is 332 g/mol. The first-order valence-corrected chi connectivity index (χ1v) is 8.70. The number of nitrogen functional groups attached to an aromatic ring is 1. The fourth-order valence-electron chi connectivity index (χ4n) is 2.62. The van der Waals surface area contributed by atoms with Crippen LogP contribution in [0.4, 0.5) is 11.8 Å². The summed E-state index contributed by atoms with van der Waals surface area (Å²) in [6.07, 6.45) is 2.84. The molecule has 0 radical (unpaired) electrons. The van der Waals surface area contributed by atoms with Gasteiger partial charge in [0.1, 0.15) is 11.5 Å². The molecule has 0 fully saturated rings. The van der Waals surface area contributed by atoms with Crippen molar-refractivity contribution in [3.8, 4) is 0 Å². The number of nitrogens with two attached hydrogens (primary N) is 1. The van der Waals surface area contributed by atoms with E-state index in [2.05, 4.69) is 27.2 Å². The molecule has 0 aliphatic carbocycles. The maximum Gasteiger partial charge on any atom is 0.273 e. The van der Waals surface area contributed by atoms with Crippen LogP contribution in [0.1, 0.15) is 41.5 Å². The molecule has 0 saturated heterocycles. The third-order valence-electron chi connectivity index (χ3n) is 3.84. The Hall–Kier alpha value is -2.22. The molecule has 1 amide bonds. The van der Waals surface area contributed by atoms with Gasteiger partial charge in [-0.05, 0) is 6.42 Å². The molecule has 0 saturated carbocycles. The molecule has 3 heterocycles. The van der Waals surface area contributed by atoms with Crippen LogP contribution in [0.25, 0.3) is 0 Å². The van der Waals surface area contributed by atoms with Crippen LogP contribution >= 0.6 is 11.3 Å². The van der Waals surface area contributed by atoms with Crippen molar-refractivity contribution in [1.82, 2.24) is 19.9 Å². The number of carbonyl (C=O) groups is 1. The third-order valence-corrected chi connectivity index (χ3v) is 4.43. The summed E-state index contributed by atoms with van der Waals surface area (Å²) in [5.41, 5.74) is 9.87. The van der Waals surface area contributed by atoms with Gasteiger partial charge in [0.15, 0.2) is 0 Å². The number of unbranched alkanes of at least 4 members (excludes halogenated alkanes) is 1. The van der Waals surface area contributed by atoms with Crippen molar-refractivity contribution in [2.75, 3.05) is 24.1 Å². The number of hydrogen-bond donors (Lipinski definition) is 2. The zero-order valence-corrected chi connectivity index (χ0v) is 13.9. The number of rotatable bonds is 5. The van der Waals surface area contributed by atoms with Crippen LogP contribution in [-0.4, -0.2) is 38.8 Å². The van der Waals surface area contributed by atoms with Crippen LogP contribution in [0.15, 0.2) is 10.9 Å². The molecule has 3 N–H and O–H groups in total. The van der Waals surface area contributed by atoms with Crippen molar-refractivity contribution < 1.29 is 4.79 Å². The van der Waals surface area contributed by atoms with E-state index in [0.717, 1.165) is 36.5 Å². The summed E-state index contributed by atoms with van der Waals surface area (Å²) in [4.78, 5) is 27.0. The monoisotopic (exact) mass is 332 g/mol. The van der Waals surface area contributed by atoms with Crippen molar-refractivity contribution >= 4 is 29.0 Å². The molecule has 23 heavy (non-hydrogen) atoms. The summed E-state index contributed by atoms with van der Waals surface area (Å²) >= 11 is 1.42. The van der Waals surface area contributed by atoms with Crippen LogP contribution in [0.5, 0.6) is 0 Å². The SMILES string of the molecule is CCCCNc1nc(N)nc2c1CN(C(=O)c1cscn1)CC2. The van der Waals surface area contributed by atoms with E-state index in [1.54, 1.807) is 15.8 Å². The van der Waals surface area contributed by atoms with Gasteiger partial charge in [0, 0.05) is 30.5 Å². The quantitative estimate of drug-likeness (QED) is 0.812. The van der Waals surface area contributed by atoms with Crippen molar-refractivity contribution in [2.24, 2.45) is 0 Å². The Morgan fingerprint density at radius 3 is 3.09 bits per heavy atom. The Bertz CT molecular complexity index is 688. The highest BCUT2D eigenvalue weighted by atomic mass is 32.1. The van der Waals surface area contributed by atoms with E-state index in [1.165, 1.54) is 11.3 Å². The van der Waals surface area contributed by atoms with Crippen molar-refractivity contribution in [1.29, 1.82) is 0 Å². The summed E-state index contributed by atoms with van der Waals surface area (Å²) < 4.78 is 0. The minimum atomic E-state index is -0.0479. The number of nitrogens with one attached hydrogen (secondary N) is 1. The van der Waals surface area contributed by atoms with Gasteiger partial charge >= 0.3 is 0 Å². The highest BCUT2D eigenvalue weighted by Crippen LogP contribution is 2.25. The van der Waals surface area contributed by atoms with Crippen molar-refractivity contribution in [3.05, 3.63) is 27.8 Å². The Labute approximate surface area is 139 Å². The van der Waals surface area contributed by atoms with Crippen LogP contribution in [0.2, 0.25) is 0 Å². The van der Waals surface area contributed by atoms with Gasteiger partial charge in [-0.2, -0.15) is 4.98 Å². The molecule has 1 aliphatic heterocycles. The minimum Gasteiger partial charge on any atom is -0.370 e. The first-order chi connectivity index (χ1) is 11.2. The van der Waals surface area contributed by atoms with E-state index in [1.807, 2.05) is 0 Å². The van der Waals surface area contributed by atoms with E-state index in [4.69, 9.17) is 5.73 Å². The normalized spacial score (nSPS) is 13.7. The zero-order valence-electron chi connectivity index (χ0n) is 13.1. The van der Waals surface area contributed by atoms with Gasteiger partial charge in [0.05, 0.1) is 17.7 Å². The number of fused-ring (bicyclic) bond motifs is 1. The highest BCUT2D eigenvalue weighted by molar-refractivity contribution is 7.07. The molecular formula is C15H20N6OS. The van der Waals surface area contributed by atoms with E-state index >= 15 is 0 Å². The molecule has 2 aromatic heterocycles. The standard InChI is InChI=1S/C15H20N6OS/c1-2-3-5-17-13-10-7-21(14(22)12-8-23-9-18-12)6-4-11(10)19-15(16)20-13/h8-9H,2-7H2,1H3,(H3,16,17,19,20). The van der Waals surface area contributed by atoms with Gasteiger partial charge < -0.3 is 16.0 Å². The number of amides is 1. The molecule has 3 rings (SSSR count). The largest absolute Gasteiger partial charge is 0.370 e. The second-order valence-electron chi connectivity index (χ2n) is 5.49. The van der Waals surface area contributed by atoms with Crippen LogP contribution in [0.3, 0.4) is 0 Å². The molecule has 0 unspecified atom stereocenters. The number of aromatic nitrogens is 3. The Morgan fingerprint density at radius 2 is 2.35 bits per heavy atom. The lowest BCUT2D eigenvalue weighted by Gasteiger charge is -2.29. The zero-order chi connectivity index (χ0) is 16.2. The van der Waals surface area contributed by atoms with Crippen LogP contribution < -0.4 is 11.1 Å². The maximum atomic E-state index is 12.5. The molecule has 0 atom stereocenters. The number of anilines is 2. The lowest BCUT2D eigenvalue weighted by atomic mass is 10.1. The topological polar surface area (TPSA) is 97.0 Å². The van der Waals surface area contributed by atoms with Gasteiger partial charge in [-0.3, -0.25) is 4.79 Å². The molecule has 0 aromatic carbocycles. The van der Waals surface area contributed by atoms with Gasteiger partial charge in [-0.25, -0.2) is 9.97 Å². The fraction of sp³-hybridized carbons (Fsp3) is 0.467. The van der Waals surface area contributed by atoms with Gasteiger partial charge in [0.2, 0.25) is 5.95 Å². The average Bonchev–Trinajstić information content (AvgIpc) is 3.08. The molecule has 2 aromatic rings. The Balaban J connectivity index is 1.82. The summed E-state index contributed by atoms with van der Waals surface area (Å²) in [5, 5.41) is 5.10. The van der Waals surface area contributed by atoms with E-state index < -0.39 is 0 Å². The lowest BCUT2D eigenvalue weighted by Crippen LogP contribution is -2.37. The molecule has 8 heteroatoms. The van der Waals surface area contributed by atoms with Gasteiger partial charge in [-0.1, -0.05) is 13.3 Å². The lowest BCUT2D eigenvalue weighted by molar-refractivity contribution is 0.0728.